The van der Waals surface area contributed by atoms with Gasteiger partial charge in [-0.25, -0.2) is 0 Å². The molecule has 114 valence electrons. The van der Waals surface area contributed by atoms with E-state index >= 15 is 0 Å². The number of para-hydroxylation sites is 1. The molecule has 1 aliphatic heterocycles. The van der Waals surface area contributed by atoms with Gasteiger partial charge in [-0.05, 0) is 31.4 Å². The number of halogens is 2. The molecule has 0 radical (unpaired) electrons. The number of amides is 2. The van der Waals surface area contributed by atoms with Crippen molar-refractivity contribution < 1.29 is 14.3 Å². The Labute approximate surface area is 132 Å². The molecular formula is C14H16Cl2N2O3. The second-order valence-corrected chi connectivity index (χ2v) is 5.65. The molecule has 0 aromatic heterocycles. The lowest BCUT2D eigenvalue weighted by Crippen LogP contribution is -2.51. The van der Waals surface area contributed by atoms with Gasteiger partial charge in [0.25, 0.3) is 5.91 Å². The summed E-state index contributed by atoms with van der Waals surface area (Å²) in [6.07, 6.45) is 2.32. The predicted octanol–water partition coefficient (Wildman–Crippen LogP) is 2.24. The van der Waals surface area contributed by atoms with Crippen molar-refractivity contribution in [1.82, 2.24) is 4.90 Å². The zero-order valence-electron chi connectivity index (χ0n) is 11.4. The van der Waals surface area contributed by atoms with Crippen molar-refractivity contribution in [2.24, 2.45) is 5.73 Å². The molecule has 21 heavy (non-hydrogen) atoms. The van der Waals surface area contributed by atoms with Gasteiger partial charge in [-0.1, -0.05) is 29.3 Å². The maximum absolute atomic E-state index is 12.2. The minimum Gasteiger partial charge on any atom is -0.481 e. The van der Waals surface area contributed by atoms with Crippen molar-refractivity contribution in [2.75, 3.05) is 13.2 Å². The molecule has 7 heteroatoms. The number of nitrogens with zero attached hydrogens (tertiary/aromatic N) is 1. The van der Waals surface area contributed by atoms with Crippen molar-refractivity contribution in [3.63, 3.8) is 0 Å². The second kappa shape index (κ2) is 7.00. The van der Waals surface area contributed by atoms with E-state index in [1.54, 1.807) is 18.2 Å². The summed E-state index contributed by atoms with van der Waals surface area (Å²) in [7, 11) is 0. The lowest BCUT2D eigenvalue weighted by atomic mass is 10.0. The smallest absolute Gasteiger partial charge is 0.261 e. The van der Waals surface area contributed by atoms with Gasteiger partial charge in [0.2, 0.25) is 5.91 Å². The summed E-state index contributed by atoms with van der Waals surface area (Å²) in [5.41, 5.74) is 5.34. The zero-order valence-corrected chi connectivity index (χ0v) is 12.9. The fourth-order valence-electron chi connectivity index (χ4n) is 2.36. The van der Waals surface area contributed by atoms with Gasteiger partial charge in [0, 0.05) is 6.54 Å². The largest absolute Gasteiger partial charge is 0.481 e. The van der Waals surface area contributed by atoms with Crippen LogP contribution in [0.2, 0.25) is 10.0 Å². The number of ether oxygens (including phenoxy) is 1. The molecule has 2 N–H and O–H groups in total. The van der Waals surface area contributed by atoms with Crippen LogP contribution in [-0.2, 0) is 9.59 Å². The lowest BCUT2D eigenvalue weighted by Gasteiger charge is -2.33. The molecule has 2 amide bonds. The Morgan fingerprint density at radius 1 is 1.29 bits per heavy atom. The molecule has 1 fully saturated rings. The van der Waals surface area contributed by atoms with Crippen LogP contribution in [0.25, 0.3) is 0 Å². The molecule has 1 aromatic carbocycles. The summed E-state index contributed by atoms with van der Waals surface area (Å²) in [5, 5.41) is 0.667. The van der Waals surface area contributed by atoms with E-state index in [2.05, 4.69) is 0 Å². The molecule has 0 saturated carbocycles. The average Bonchev–Trinajstić information content (AvgIpc) is 2.46. The van der Waals surface area contributed by atoms with Crippen LogP contribution >= 0.6 is 23.2 Å². The van der Waals surface area contributed by atoms with E-state index in [-0.39, 0.29) is 18.3 Å². The summed E-state index contributed by atoms with van der Waals surface area (Å²) < 4.78 is 5.40. The van der Waals surface area contributed by atoms with E-state index in [1.807, 2.05) is 0 Å². The van der Waals surface area contributed by atoms with E-state index in [4.69, 9.17) is 33.7 Å². The van der Waals surface area contributed by atoms with Crippen molar-refractivity contribution in [1.29, 1.82) is 0 Å². The number of hydrogen-bond acceptors (Lipinski definition) is 3. The Morgan fingerprint density at radius 2 is 1.95 bits per heavy atom. The predicted molar refractivity (Wildman–Crippen MR) is 80.5 cm³/mol. The second-order valence-electron chi connectivity index (χ2n) is 4.84. The fourth-order valence-corrected chi connectivity index (χ4v) is 2.87. The van der Waals surface area contributed by atoms with E-state index in [0.717, 1.165) is 12.8 Å². The van der Waals surface area contributed by atoms with Crippen molar-refractivity contribution in [3.05, 3.63) is 28.2 Å². The Kier molecular flexibility index (Phi) is 5.31. The Morgan fingerprint density at radius 3 is 2.57 bits per heavy atom. The van der Waals surface area contributed by atoms with Crippen LogP contribution in [0.3, 0.4) is 0 Å². The summed E-state index contributed by atoms with van der Waals surface area (Å²) in [4.78, 5) is 25.1. The molecular weight excluding hydrogens is 315 g/mol. The highest BCUT2D eigenvalue weighted by molar-refractivity contribution is 6.37. The number of hydrogen-bond donors (Lipinski definition) is 1. The van der Waals surface area contributed by atoms with Gasteiger partial charge in [-0.2, -0.15) is 0 Å². The zero-order chi connectivity index (χ0) is 15.4. The maximum atomic E-state index is 12.2. The monoisotopic (exact) mass is 330 g/mol. The quantitative estimate of drug-likeness (QED) is 0.920. The molecule has 1 heterocycles. The van der Waals surface area contributed by atoms with Gasteiger partial charge in [-0.15, -0.1) is 0 Å². The van der Waals surface area contributed by atoms with Gasteiger partial charge >= 0.3 is 0 Å². The Hall–Kier alpha value is -1.46. The summed E-state index contributed by atoms with van der Waals surface area (Å²) in [6, 6.07) is 4.38. The van der Waals surface area contributed by atoms with E-state index in [0.29, 0.717) is 23.0 Å². The molecule has 1 aromatic rings. The first-order chi connectivity index (χ1) is 10.0. The van der Waals surface area contributed by atoms with E-state index < -0.39 is 11.9 Å². The minimum atomic E-state index is -0.559. The Bertz CT molecular complexity index is 531. The number of piperidine rings is 1. The topological polar surface area (TPSA) is 72.6 Å². The van der Waals surface area contributed by atoms with Gasteiger partial charge in [-0.3, -0.25) is 9.59 Å². The van der Waals surface area contributed by atoms with Crippen LogP contribution in [0.1, 0.15) is 19.3 Å². The molecule has 1 saturated heterocycles. The third-order valence-electron chi connectivity index (χ3n) is 3.41. The molecule has 2 rings (SSSR count). The average molecular weight is 331 g/mol. The summed E-state index contributed by atoms with van der Waals surface area (Å²) in [5.74, 6) is -0.518. The molecule has 0 bridgehead atoms. The molecule has 0 aliphatic carbocycles. The molecule has 1 atom stereocenters. The van der Waals surface area contributed by atoms with Gasteiger partial charge in [0.05, 0.1) is 10.0 Å². The van der Waals surface area contributed by atoms with Crippen LogP contribution in [0.5, 0.6) is 5.75 Å². The summed E-state index contributed by atoms with van der Waals surface area (Å²) in [6.45, 7) is 0.277. The van der Waals surface area contributed by atoms with Crippen LogP contribution in [0.15, 0.2) is 18.2 Å². The first-order valence-electron chi connectivity index (χ1n) is 6.66. The normalized spacial score (nSPS) is 18.4. The highest BCUT2D eigenvalue weighted by Gasteiger charge is 2.30. The van der Waals surface area contributed by atoms with Crippen LogP contribution in [0, 0.1) is 0 Å². The lowest BCUT2D eigenvalue weighted by molar-refractivity contribution is -0.142. The van der Waals surface area contributed by atoms with E-state index in [1.165, 1.54) is 4.90 Å². The van der Waals surface area contributed by atoms with Gasteiger partial charge in [0.1, 0.15) is 6.04 Å². The van der Waals surface area contributed by atoms with Gasteiger partial charge in [0.15, 0.2) is 12.4 Å². The molecule has 1 aliphatic rings. The van der Waals surface area contributed by atoms with Crippen molar-refractivity contribution in [2.45, 2.75) is 25.3 Å². The minimum absolute atomic E-state index is 0.229. The standard InChI is InChI=1S/C14H16Cl2N2O3/c15-9-4-3-5-10(16)13(9)21-8-12(19)18-7-2-1-6-11(18)14(17)20/h3-5,11H,1-2,6-8H2,(H2,17,20). The van der Waals surface area contributed by atoms with Crippen molar-refractivity contribution >= 4 is 35.0 Å². The fraction of sp³-hybridized carbons (Fsp3) is 0.429. The van der Waals surface area contributed by atoms with Gasteiger partial charge < -0.3 is 15.4 Å². The first kappa shape index (κ1) is 15.9. The SMILES string of the molecule is NC(=O)C1CCCCN1C(=O)COc1c(Cl)cccc1Cl. The molecule has 1 unspecified atom stereocenters. The van der Waals surface area contributed by atoms with E-state index in [9.17, 15) is 9.59 Å². The Balaban J connectivity index is 2.02. The number of carbonyl (C=O) groups is 2. The van der Waals surface area contributed by atoms with Crippen LogP contribution in [0.4, 0.5) is 0 Å². The third-order valence-corrected chi connectivity index (χ3v) is 4.01. The number of primary amides is 1. The molecule has 0 spiro atoms. The highest BCUT2D eigenvalue weighted by atomic mass is 35.5. The number of benzene rings is 1. The van der Waals surface area contributed by atoms with Crippen LogP contribution in [-0.4, -0.2) is 35.9 Å². The number of nitrogens with two attached hydrogens (primary N) is 1. The number of carbonyl (C=O) groups excluding carboxylic acids is 2. The molecule has 5 nitrogen and oxygen atoms in total. The van der Waals surface area contributed by atoms with Crippen molar-refractivity contribution in [3.8, 4) is 5.75 Å². The number of likely N-dealkylation sites (tertiary alicyclic amines) is 1. The third kappa shape index (κ3) is 3.80. The van der Waals surface area contributed by atoms with Crippen LogP contribution < -0.4 is 10.5 Å². The number of rotatable bonds is 4. The maximum Gasteiger partial charge on any atom is 0.261 e. The summed E-state index contributed by atoms with van der Waals surface area (Å²) >= 11 is 11.9. The highest BCUT2D eigenvalue weighted by Crippen LogP contribution is 2.32. The first-order valence-corrected chi connectivity index (χ1v) is 7.42.